The lowest BCUT2D eigenvalue weighted by Gasteiger charge is -2.02. The van der Waals surface area contributed by atoms with Crippen molar-refractivity contribution in [2.24, 2.45) is 0 Å². The number of aryl methyl sites for hydroxylation is 1. The minimum absolute atomic E-state index is 0.0152. The van der Waals surface area contributed by atoms with Crippen molar-refractivity contribution in [2.75, 3.05) is 0 Å². The van der Waals surface area contributed by atoms with Gasteiger partial charge in [0.25, 0.3) is 5.69 Å². The van der Waals surface area contributed by atoms with Gasteiger partial charge in [0.05, 0.1) is 23.9 Å². The highest BCUT2D eigenvalue weighted by Gasteiger charge is 2.17. The van der Waals surface area contributed by atoms with Crippen molar-refractivity contribution >= 4 is 5.69 Å². The van der Waals surface area contributed by atoms with Crippen molar-refractivity contribution in [2.45, 2.75) is 13.5 Å². The molecule has 0 saturated carbocycles. The molecule has 0 atom stereocenters. The minimum atomic E-state index is -0.423. The second-order valence-electron chi connectivity index (χ2n) is 6.07. The average Bonchev–Trinajstić information content (AvgIpc) is 3.32. The fourth-order valence-electron chi connectivity index (χ4n) is 2.74. The van der Waals surface area contributed by atoms with Crippen molar-refractivity contribution in [3.8, 4) is 16.9 Å². The van der Waals surface area contributed by atoms with E-state index in [1.807, 2.05) is 36.5 Å². The van der Waals surface area contributed by atoms with E-state index in [4.69, 9.17) is 0 Å². The number of aromatic nitrogens is 6. The molecule has 0 fully saturated rings. The molecule has 0 amide bonds. The van der Waals surface area contributed by atoms with E-state index >= 15 is 0 Å². The van der Waals surface area contributed by atoms with Gasteiger partial charge in [0, 0.05) is 11.6 Å². The smallest absolute Gasteiger partial charge is 0.258 e. The van der Waals surface area contributed by atoms with E-state index in [1.165, 1.54) is 10.7 Å². The standard InChI is InChI=1S/C18H15N7O2/c1-13-7-8-17(18(9-13)25(26)27)24-11-15(19-22-24)10-23-12-16(20-21-23)14-5-3-2-4-6-14/h2-9,11-12H,10H2,1H3. The Morgan fingerprint density at radius 3 is 2.63 bits per heavy atom. The maximum absolute atomic E-state index is 11.3. The number of rotatable bonds is 5. The van der Waals surface area contributed by atoms with Crippen molar-refractivity contribution in [1.29, 1.82) is 0 Å². The van der Waals surface area contributed by atoms with Crippen LogP contribution in [0.25, 0.3) is 16.9 Å². The largest absolute Gasteiger partial charge is 0.295 e. The highest BCUT2D eigenvalue weighted by atomic mass is 16.6. The highest BCUT2D eigenvalue weighted by molar-refractivity contribution is 5.57. The highest BCUT2D eigenvalue weighted by Crippen LogP contribution is 2.23. The van der Waals surface area contributed by atoms with E-state index in [0.29, 0.717) is 17.9 Å². The fourth-order valence-corrected chi connectivity index (χ4v) is 2.74. The first kappa shape index (κ1) is 16.6. The van der Waals surface area contributed by atoms with Crippen LogP contribution in [0.2, 0.25) is 0 Å². The van der Waals surface area contributed by atoms with Crippen LogP contribution in [0.5, 0.6) is 0 Å². The molecule has 27 heavy (non-hydrogen) atoms. The van der Waals surface area contributed by atoms with Gasteiger partial charge in [0.1, 0.15) is 17.1 Å². The summed E-state index contributed by atoms with van der Waals surface area (Å²) in [5.41, 5.74) is 3.52. The zero-order valence-corrected chi connectivity index (χ0v) is 14.4. The summed E-state index contributed by atoms with van der Waals surface area (Å²) in [4.78, 5) is 10.9. The van der Waals surface area contributed by atoms with Gasteiger partial charge in [-0.25, -0.2) is 9.36 Å². The van der Waals surface area contributed by atoms with Crippen molar-refractivity contribution in [1.82, 2.24) is 30.0 Å². The monoisotopic (exact) mass is 361 g/mol. The van der Waals surface area contributed by atoms with E-state index in [0.717, 1.165) is 16.8 Å². The normalized spacial score (nSPS) is 10.9. The predicted molar refractivity (Wildman–Crippen MR) is 97.3 cm³/mol. The van der Waals surface area contributed by atoms with Gasteiger partial charge >= 0.3 is 0 Å². The molecular formula is C18H15N7O2. The Labute approximate surface area is 154 Å². The van der Waals surface area contributed by atoms with Crippen LogP contribution in [-0.2, 0) is 6.54 Å². The van der Waals surface area contributed by atoms with E-state index in [2.05, 4.69) is 20.6 Å². The predicted octanol–water partition coefficient (Wildman–Crippen LogP) is 2.79. The summed E-state index contributed by atoms with van der Waals surface area (Å²) >= 11 is 0. The molecule has 0 aliphatic heterocycles. The third-order valence-corrected chi connectivity index (χ3v) is 4.05. The van der Waals surface area contributed by atoms with Gasteiger partial charge in [-0.1, -0.05) is 46.8 Å². The Balaban J connectivity index is 1.58. The average molecular weight is 361 g/mol. The van der Waals surface area contributed by atoms with Crippen LogP contribution in [0.15, 0.2) is 60.9 Å². The number of hydrogen-bond donors (Lipinski definition) is 0. The van der Waals surface area contributed by atoms with Gasteiger partial charge < -0.3 is 0 Å². The van der Waals surface area contributed by atoms with Crippen molar-refractivity contribution < 1.29 is 4.92 Å². The molecule has 0 bridgehead atoms. The van der Waals surface area contributed by atoms with Gasteiger partial charge in [0.2, 0.25) is 0 Å². The van der Waals surface area contributed by atoms with E-state index in [1.54, 1.807) is 29.9 Å². The minimum Gasteiger partial charge on any atom is -0.258 e. The molecule has 134 valence electrons. The number of benzene rings is 2. The SMILES string of the molecule is Cc1ccc(-n2cc(Cn3cc(-c4ccccc4)nn3)nn2)c([N+](=O)[O-])c1. The molecule has 9 nitrogen and oxygen atoms in total. The van der Waals surface area contributed by atoms with Crippen LogP contribution in [0, 0.1) is 17.0 Å². The van der Waals surface area contributed by atoms with Crippen LogP contribution in [0.3, 0.4) is 0 Å². The van der Waals surface area contributed by atoms with Crippen LogP contribution >= 0.6 is 0 Å². The molecule has 4 rings (SSSR count). The summed E-state index contributed by atoms with van der Waals surface area (Å²) in [6.45, 7) is 2.16. The third-order valence-electron chi connectivity index (χ3n) is 4.05. The Morgan fingerprint density at radius 1 is 1.04 bits per heavy atom. The Hall–Kier alpha value is -3.88. The van der Waals surface area contributed by atoms with Gasteiger partial charge in [0.15, 0.2) is 0 Å². The van der Waals surface area contributed by atoms with Crippen LogP contribution in [0.4, 0.5) is 5.69 Å². The Morgan fingerprint density at radius 2 is 1.85 bits per heavy atom. The van der Waals surface area contributed by atoms with E-state index < -0.39 is 4.92 Å². The maximum atomic E-state index is 11.3. The first-order valence-corrected chi connectivity index (χ1v) is 8.22. The number of nitro benzene ring substituents is 1. The molecule has 9 heteroatoms. The fraction of sp³-hybridized carbons (Fsp3) is 0.111. The Bertz CT molecular complexity index is 1100. The molecule has 2 aromatic heterocycles. The van der Waals surface area contributed by atoms with Crippen molar-refractivity contribution in [3.63, 3.8) is 0 Å². The summed E-state index contributed by atoms with van der Waals surface area (Å²) in [6, 6.07) is 14.7. The molecule has 0 radical (unpaired) electrons. The molecule has 0 spiro atoms. The molecule has 2 heterocycles. The summed E-state index contributed by atoms with van der Waals surface area (Å²) in [6.07, 6.45) is 3.48. The zero-order valence-electron chi connectivity index (χ0n) is 14.4. The lowest BCUT2D eigenvalue weighted by Crippen LogP contribution is -2.02. The first-order valence-electron chi connectivity index (χ1n) is 8.22. The van der Waals surface area contributed by atoms with Gasteiger partial charge in [-0.3, -0.25) is 10.1 Å². The number of nitro groups is 1. The van der Waals surface area contributed by atoms with Crippen LogP contribution < -0.4 is 0 Å². The molecule has 0 saturated heterocycles. The number of hydrogen-bond acceptors (Lipinski definition) is 6. The van der Waals surface area contributed by atoms with Crippen LogP contribution in [-0.4, -0.2) is 34.9 Å². The topological polar surface area (TPSA) is 105 Å². The van der Waals surface area contributed by atoms with E-state index in [9.17, 15) is 10.1 Å². The second-order valence-corrected chi connectivity index (χ2v) is 6.07. The lowest BCUT2D eigenvalue weighted by atomic mass is 10.2. The van der Waals surface area contributed by atoms with Crippen molar-refractivity contribution in [3.05, 3.63) is 82.3 Å². The Kier molecular flexibility index (Phi) is 4.17. The first-order chi connectivity index (χ1) is 13.1. The summed E-state index contributed by atoms with van der Waals surface area (Å²) in [5.74, 6) is 0. The molecule has 0 N–H and O–H groups in total. The van der Waals surface area contributed by atoms with Crippen LogP contribution in [0.1, 0.15) is 11.3 Å². The molecular weight excluding hydrogens is 346 g/mol. The number of nitrogens with zero attached hydrogens (tertiary/aromatic N) is 7. The summed E-state index contributed by atoms with van der Waals surface area (Å²) < 4.78 is 3.06. The lowest BCUT2D eigenvalue weighted by molar-refractivity contribution is -0.384. The molecule has 4 aromatic rings. The second kappa shape index (κ2) is 6.79. The van der Waals surface area contributed by atoms with Gasteiger partial charge in [-0.05, 0) is 18.6 Å². The molecule has 0 unspecified atom stereocenters. The van der Waals surface area contributed by atoms with Gasteiger partial charge in [-0.2, -0.15) is 0 Å². The van der Waals surface area contributed by atoms with Gasteiger partial charge in [-0.15, -0.1) is 10.2 Å². The summed E-state index contributed by atoms with van der Waals surface area (Å²) in [5, 5.41) is 27.7. The molecule has 0 aliphatic carbocycles. The molecule has 2 aromatic carbocycles. The molecule has 0 aliphatic rings. The summed E-state index contributed by atoms with van der Waals surface area (Å²) in [7, 11) is 0. The third kappa shape index (κ3) is 3.43. The zero-order chi connectivity index (χ0) is 18.8. The maximum Gasteiger partial charge on any atom is 0.295 e. The van der Waals surface area contributed by atoms with E-state index in [-0.39, 0.29) is 5.69 Å². The quantitative estimate of drug-likeness (QED) is 0.400.